The Kier molecular flexibility index (Phi) is 17.6. The van der Waals surface area contributed by atoms with E-state index in [9.17, 15) is 24.2 Å². The molecule has 0 aliphatic rings. The second-order valence-corrected chi connectivity index (χ2v) is 13.9. The lowest BCUT2D eigenvalue weighted by molar-refractivity contribution is -0.870. The molecule has 2 rings (SSSR count). The van der Waals surface area contributed by atoms with Gasteiger partial charge in [-0.1, -0.05) is 23.3 Å². The van der Waals surface area contributed by atoms with Gasteiger partial charge < -0.3 is 24.0 Å². The molecule has 0 spiro atoms. The fourth-order valence-electron chi connectivity index (χ4n) is 4.64. The van der Waals surface area contributed by atoms with Crippen LogP contribution in [0.5, 0.6) is 0 Å². The molecule has 0 fully saturated rings. The second-order valence-electron chi connectivity index (χ2n) is 12.4. The number of hydrogen-bond donors (Lipinski definition) is 2. The molecule has 0 saturated heterocycles. The number of esters is 2. The van der Waals surface area contributed by atoms with Crippen molar-refractivity contribution < 1.29 is 47.2 Å². The van der Waals surface area contributed by atoms with Crippen LogP contribution < -0.4 is 0 Å². The van der Waals surface area contributed by atoms with Crippen LogP contribution in [0.2, 0.25) is 0 Å². The number of unbranched alkanes of at least 4 members (excludes halogenated alkanes) is 3. The number of carbonyl (C=O) groups excluding carboxylic acids is 2. The zero-order valence-electron chi connectivity index (χ0n) is 28.0. The van der Waals surface area contributed by atoms with Gasteiger partial charge in [-0.3, -0.25) is 28.0 Å². The molecule has 262 valence electrons. The molecule has 0 radical (unpaired) electrons. The summed E-state index contributed by atoms with van der Waals surface area (Å²) in [5.41, 5.74) is 1.34. The minimum atomic E-state index is -4.03. The summed E-state index contributed by atoms with van der Waals surface area (Å²) in [5, 5.41) is 25.5. The molecule has 2 aromatic rings. The molecule has 2 heterocycles. The topological polar surface area (TPSA) is 190 Å². The van der Waals surface area contributed by atoms with Crippen molar-refractivity contribution >= 4 is 19.8 Å². The first-order chi connectivity index (χ1) is 21.8. The Morgan fingerprint density at radius 2 is 1.50 bits per heavy atom. The molecule has 0 aliphatic carbocycles. The molecule has 0 saturated carbocycles. The Balaban J connectivity index is 1.69. The first kappa shape index (κ1) is 39.4. The van der Waals surface area contributed by atoms with Crippen molar-refractivity contribution in [1.82, 2.24) is 30.0 Å². The van der Waals surface area contributed by atoms with E-state index < -0.39 is 19.7 Å². The number of likely N-dealkylation sites (N-methyl/N-ethyl adjacent to an activating group) is 1. The maximum absolute atomic E-state index is 12.7. The van der Waals surface area contributed by atoms with Crippen LogP contribution in [0.4, 0.5) is 0 Å². The van der Waals surface area contributed by atoms with Crippen molar-refractivity contribution in [2.24, 2.45) is 18.9 Å². The van der Waals surface area contributed by atoms with Gasteiger partial charge in [-0.25, -0.2) is 4.57 Å². The third-order valence-electron chi connectivity index (χ3n) is 7.22. The zero-order valence-corrected chi connectivity index (χ0v) is 28.8. The first-order valence-electron chi connectivity index (χ1n) is 15.8. The minimum Gasteiger partial charge on any atom is -0.469 e. The molecule has 2 aromatic heterocycles. The average Bonchev–Trinajstić information content (AvgIpc) is 3.62. The lowest BCUT2D eigenvalue weighted by Gasteiger charge is -2.24. The van der Waals surface area contributed by atoms with Gasteiger partial charge in [0, 0.05) is 45.4 Å². The van der Waals surface area contributed by atoms with Crippen LogP contribution in [-0.4, -0.2) is 118 Å². The standard InChI is InChI=1S/C29H52N7O9P/c1-34-22-26(30-32-34)21-25(12-10-16-37)29(39)43-17-11-13-24(28(38)42-5)20-27-23-35(33-31-27)14-8-6-7-9-18-44-46(40,41)45-19-15-36(2,3)4/h22-25,37H,6-21H2,1-5H3/p+1. The summed E-state index contributed by atoms with van der Waals surface area (Å²) < 4.78 is 36.5. The van der Waals surface area contributed by atoms with Gasteiger partial charge in [-0.15, -0.1) is 10.2 Å². The van der Waals surface area contributed by atoms with Gasteiger partial charge in [0.1, 0.15) is 13.2 Å². The van der Waals surface area contributed by atoms with Crippen LogP contribution in [-0.2, 0) is 59.1 Å². The number of aliphatic hydroxyl groups excluding tert-OH is 1. The van der Waals surface area contributed by atoms with Crippen molar-refractivity contribution in [1.29, 1.82) is 0 Å². The van der Waals surface area contributed by atoms with Crippen LogP contribution in [0.15, 0.2) is 12.4 Å². The monoisotopic (exact) mass is 674 g/mol. The van der Waals surface area contributed by atoms with Crippen LogP contribution >= 0.6 is 7.82 Å². The molecule has 3 atom stereocenters. The van der Waals surface area contributed by atoms with Crippen molar-refractivity contribution in [2.45, 2.75) is 70.8 Å². The van der Waals surface area contributed by atoms with E-state index in [0.717, 1.165) is 19.3 Å². The van der Waals surface area contributed by atoms with E-state index in [1.807, 2.05) is 27.3 Å². The van der Waals surface area contributed by atoms with Crippen molar-refractivity contribution in [3.63, 3.8) is 0 Å². The van der Waals surface area contributed by atoms with Gasteiger partial charge in [-0.2, -0.15) is 0 Å². The van der Waals surface area contributed by atoms with Crippen LogP contribution in [0.1, 0.15) is 62.8 Å². The molecule has 2 N–H and O–H groups in total. The number of carbonyl (C=O) groups is 2. The summed E-state index contributed by atoms with van der Waals surface area (Å²) in [5.74, 6) is -1.63. The molecule has 0 bridgehead atoms. The molecule has 46 heavy (non-hydrogen) atoms. The van der Waals surface area contributed by atoms with Gasteiger partial charge in [0.25, 0.3) is 0 Å². The number of ether oxygens (including phenoxy) is 2. The average molecular weight is 675 g/mol. The molecule has 17 heteroatoms. The van der Waals surface area contributed by atoms with E-state index in [1.165, 1.54) is 7.11 Å². The number of nitrogens with zero attached hydrogens (tertiary/aromatic N) is 7. The predicted octanol–water partition coefficient (Wildman–Crippen LogP) is 2.09. The van der Waals surface area contributed by atoms with E-state index in [-0.39, 0.29) is 38.4 Å². The van der Waals surface area contributed by atoms with Crippen molar-refractivity contribution in [3.05, 3.63) is 23.8 Å². The van der Waals surface area contributed by atoms with Gasteiger partial charge in [0.2, 0.25) is 0 Å². The van der Waals surface area contributed by atoms with E-state index in [4.69, 9.17) is 18.5 Å². The van der Waals surface area contributed by atoms with Gasteiger partial charge in [0.15, 0.2) is 0 Å². The predicted molar refractivity (Wildman–Crippen MR) is 167 cm³/mol. The Labute approximate surface area is 271 Å². The fraction of sp³-hybridized carbons (Fsp3) is 0.793. The Morgan fingerprint density at radius 3 is 2.15 bits per heavy atom. The lowest BCUT2D eigenvalue weighted by atomic mass is 9.97. The third-order valence-corrected chi connectivity index (χ3v) is 8.24. The van der Waals surface area contributed by atoms with Gasteiger partial charge >= 0.3 is 19.8 Å². The van der Waals surface area contributed by atoms with Gasteiger partial charge in [-0.05, 0) is 38.5 Å². The number of quaternary nitrogens is 1. The number of aliphatic hydroxyl groups is 1. The highest BCUT2D eigenvalue weighted by molar-refractivity contribution is 7.47. The highest BCUT2D eigenvalue weighted by Crippen LogP contribution is 2.43. The fourth-order valence-corrected chi connectivity index (χ4v) is 5.39. The smallest absolute Gasteiger partial charge is 0.469 e. The highest BCUT2D eigenvalue weighted by atomic mass is 31.2. The van der Waals surface area contributed by atoms with E-state index in [2.05, 4.69) is 20.6 Å². The number of hydrogen-bond acceptors (Lipinski definition) is 12. The number of rotatable bonds is 25. The summed E-state index contributed by atoms with van der Waals surface area (Å²) >= 11 is 0. The maximum atomic E-state index is 12.7. The third kappa shape index (κ3) is 16.7. The van der Waals surface area contributed by atoms with Gasteiger partial charge in [0.05, 0.1) is 64.7 Å². The van der Waals surface area contributed by atoms with Crippen LogP contribution in [0.3, 0.4) is 0 Å². The molecular formula is C29H53N7O9P+. The van der Waals surface area contributed by atoms with Crippen LogP contribution in [0.25, 0.3) is 0 Å². The Morgan fingerprint density at radius 1 is 0.870 bits per heavy atom. The second kappa shape index (κ2) is 20.5. The van der Waals surface area contributed by atoms with E-state index in [1.54, 1.807) is 22.6 Å². The summed E-state index contributed by atoms with van der Waals surface area (Å²) in [7, 11) is 4.97. The maximum Gasteiger partial charge on any atom is 0.472 e. The SMILES string of the molecule is COC(=O)C(CCCOC(=O)C(CCCO)Cc1cn(C)nn1)Cc1cn(CCCCCCOP(=O)(O)OCC[N+](C)(C)C)nn1. The molecular weight excluding hydrogens is 621 g/mol. The summed E-state index contributed by atoms with van der Waals surface area (Å²) in [6.07, 6.45) is 9.31. The summed E-state index contributed by atoms with van der Waals surface area (Å²) in [6.45, 7) is 1.67. The quantitative estimate of drug-likeness (QED) is 0.0675. The lowest BCUT2D eigenvalue weighted by Crippen LogP contribution is -2.37. The van der Waals surface area contributed by atoms with Crippen molar-refractivity contribution in [2.75, 3.05) is 61.2 Å². The number of aromatic nitrogens is 6. The molecule has 0 aliphatic heterocycles. The molecule has 16 nitrogen and oxygen atoms in total. The normalized spacial score (nSPS) is 14.5. The first-order valence-corrected chi connectivity index (χ1v) is 17.3. The largest absolute Gasteiger partial charge is 0.472 e. The van der Waals surface area contributed by atoms with Crippen LogP contribution in [0, 0.1) is 11.8 Å². The number of phosphoric ester groups is 1. The molecule has 0 amide bonds. The Hall–Kier alpha value is -2.75. The Bertz CT molecular complexity index is 1220. The molecule has 0 aromatic carbocycles. The zero-order chi connectivity index (χ0) is 34.0. The van der Waals surface area contributed by atoms with Crippen molar-refractivity contribution in [3.8, 4) is 0 Å². The van der Waals surface area contributed by atoms with E-state index >= 15 is 0 Å². The molecule has 3 unspecified atom stereocenters. The number of methoxy groups -OCH3 is 1. The minimum absolute atomic E-state index is 0.0182. The van der Waals surface area contributed by atoms with E-state index in [0.29, 0.717) is 73.9 Å². The summed E-state index contributed by atoms with van der Waals surface area (Å²) in [6, 6.07) is 0. The number of phosphoric acid groups is 1. The number of aryl methyl sites for hydroxylation is 2. The summed E-state index contributed by atoms with van der Waals surface area (Å²) in [4.78, 5) is 35.0. The highest BCUT2D eigenvalue weighted by Gasteiger charge is 2.24.